The van der Waals surface area contributed by atoms with Crippen LogP contribution in [0.1, 0.15) is 34.1 Å². The summed E-state index contributed by atoms with van der Waals surface area (Å²) in [5.41, 5.74) is 5.56. The molecule has 2 amide bonds. The summed E-state index contributed by atoms with van der Waals surface area (Å²) < 4.78 is 11.2. The summed E-state index contributed by atoms with van der Waals surface area (Å²) in [6.07, 6.45) is 0.912. The van der Waals surface area contributed by atoms with E-state index in [1.165, 1.54) is 0 Å². The highest BCUT2D eigenvalue weighted by Crippen LogP contribution is 2.25. The van der Waals surface area contributed by atoms with Crippen molar-refractivity contribution in [1.29, 1.82) is 0 Å². The predicted octanol–water partition coefficient (Wildman–Crippen LogP) is 3.32. The molecule has 0 bridgehead atoms. The minimum atomic E-state index is -0.431. The average molecular weight is 407 g/mol. The lowest BCUT2D eigenvalue weighted by Crippen LogP contribution is -2.41. The fourth-order valence-corrected chi connectivity index (χ4v) is 2.53. The van der Waals surface area contributed by atoms with Crippen molar-refractivity contribution in [2.75, 3.05) is 13.7 Å². The van der Waals surface area contributed by atoms with Crippen LogP contribution in [0.25, 0.3) is 0 Å². The van der Waals surface area contributed by atoms with Gasteiger partial charge in [0.05, 0.1) is 18.2 Å². The summed E-state index contributed by atoms with van der Waals surface area (Å²) >= 11 is 3.31. The fourth-order valence-electron chi connectivity index (χ4n) is 1.99. The van der Waals surface area contributed by atoms with Crippen LogP contribution in [0.5, 0.6) is 11.5 Å². The SMILES string of the molecule is CCCOc1ccc(C(=O)NNC(=O)c2ccc(OC)c(Br)c2)cc1. The first-order valence-electron chi connectivity index (χ1n) is 7.72. The number of hydrazine groups is 1. The minimum Gasteiger partial charge on any atom is -0.496 e. The molecule has 2 aromatic rings. The van der Waals surface area contributed by atoms with E-state index in [0.29, 0.717) is 33.7 Å². The number of benzene rings is 2. The second-order valence-corrected chi connectivity index (χ2v) is 5.98. The van der Waals surface area contributed by atoms with Crippen LogP contribution in [0.4, 0.5) is 0 Å². The van der Waals surface area contributed by atoms with Crippen LogP contribution in [-0.2, 0) is 0 Å². The maximum Gasteiger partial charge on any atom is 0.269 e. The first-order chi connectivity index (χ1) is 12.0. The summed E-state index contributed by atoms with van der Waals surface area (Å²) in [5.74, 6) is 0.471. The first-order valence-corrected chi connectivity index (χ1v) is 8.51. The Labute approximate surface area is 154 Å². The Balaban J connectivity index is 1.92. The van der Waals surface area contributed by atoms with E-state index in [0.717, 1.165) is 6.42 Å². The van der Waals surface area contributed by atoms with Crippen molar-refractivity contribution >= 4 is 27.7 Å². The Bertz CT molecular complexity index is 747. The quantitative estimate of drug-likeness (QED) is 0.721. The number of hydrogen-bond donors (Lipinski definition) is 2. The highest BCUT2D eigenvalue weighted by Gasteiger charge is 2.11. The molecule has 0 spiro atoms. The van der Waals surface area contributed by atoms with Gasteiger partial charge in [-0.3, -0.25) is 20.4 Å². The molecule has 0 heterocycles. The summed E-state index contributed by atoms with van der Waals surface area (Å²) in [6, 6.07) is 11.6. The van der Waals surface area contributed by atoms with E-state index >= 15 is 0 Å². The van der Waals surface area contributed by atoms with Gasteiger partial charge < -0.3 is 9.47 Å². The van der Waals surface area contributed by atoms with Gasteiger partial charge >= 0.3 is 0 Å². The Morgan fingerprint density at radius 3 is 2.16 bits per heavy atom. The van der Waals surface area contributed by atoms with E-state index in [1.807, 2.05) is 6.92 Å². The molecule has 7 heteroatoms. The predicted molar refractivity (Wildman–Crippen MR) is 97.9 cm³/mol. The third-order valence-electron chi connectivity index (χ3n) is 3.29. The zero-order valence-corrected chi connectivity index (χ0v) is 15.6. The van der Waals surface area contributed by atoms with Gasteiger partial charge in [-0.2, -0.15) is 0 Å². The number of halogens is 1. The second-order valence-electron chi connectivity index (χ2n) is 5.13. The fraction of sp³-hybridized carbons (Fsp3) is 0.222. The van der Waals surface area contributed by atoms with Crippen molar-refractivity contribution in [3.8, 4) is 11.5 Å². The van der Waals surface area contributed by atoms with Crippen molar-refractivity contribution < 1.29 is 19.1 Å². The van der Waals surface area contributed by atoms with E-state index in [-0.39, 0.29) is 0 Å². The van der Waals surface area contributed by atoms with Gasteiger partial charge in [-0.15, -0.1) is 0 Å². The molecular weight excluding hydrogens is 388 g/mol. The molecule has 6 nitrogen and oxygen atoms in total. The second kappa shape index (κ2) is 9.08. The van der Waals surface area contributed by atoms with Crippen molar-refractivity contribution in [2.45, 2.75) is 13.3 Å². The molecule has 0 atom stereocenters. The maximum absolute atomic E-state index is 12.1. The molecule has 0 aliphatic heterocycles. The highest BCUT2D eigenvalue weighted by molar-refractivity contribution is 9.10. The topological polar surface area (TPSA) is 76.7 Å². The molecule has 0 aromatic heterocycles. The number of rotatable bonds is 6. The molecule has 2 rings (SSSR count). The van der Waals surface area contributed by atoms with Crippen molar-refractivity contribution in [3.05, 3.63) is 58.1 Å². The first kappa shape index (κ1) is 18.8. The van der Waals surface area contributed by atoms with Gasteiger partial charge in [-0.25, -0.2) is 0 Å². The number of carbonyl (C=O) groups excluding carboxylic acids is 2. The molecule has 0 unspecified atom stereocenters. The van der Waals surface area contributed by atoms with Crippen molar-refractivity contribution in [1.82, 2.24) is 10.9 Å². The number of methoxy groups -OCH3 is 1. The van der Waals surface area contributed by atoms with Gasteiger partial charge in [0, 0.05) is 11.1 Å². The Morgan fingerprint density at radius 1 is 1.00 bits per heavy atom. The largest absolute Gasteiger partial charge is 0.496 e. The van der Waals surface area contributed by atoms with E-state index in [2.05, 4.69) is 26.8 Å². The standard InChI is InChI=1S/C18H19BrN2O4/c1-3-10-25-14-7-4-12(5-8-14)17(22)20-21-18(23)13-6-9-16(24-2)15(19)11-13/h4-9,11H,3,10H2,1-2H3,(H,20,22)(H,21,23). The van der Waals surface area contributed by atoms with Gasteiger partial charge in [-0.05, 0) is 64.8 Å². The summed E-state index contributed by atoms with van der Waals surface area (Å²) in [7, 11) is 1.54. The number of nitrogens with one attached hydrogen (secondary N) is 2. The molecule has 2 N–H and O–H groups in total. The van der Waals surface area contributed by atoms with Crippen molar-refractivity contribution in [2.24, 2.45) is 0 Å². The van der Waals surface area contributed by atoms with E-state index in [4.69, 9.17) is 9.47 Å². The van der Waals surface area contributed by atoms with Crippen LogP contribution < -0.4 is 20.3 Å². The Kier molecular flexibility index (Phi) is 6.82. The molecule has 2 aromatic carbocycles. The van der Waals surface area contributed by atoms with E-state index in [9.17, 15) is 9.59 Å². The molecule has 25 heavy (non-hydrogen) atoms. The van der Waals surface area contributed by atoms with Gasteiger partial charge in [-0.1, -0.05) is 6.92 Å². The normalized spacial score (nSPS) is 10.0. The van der Waals surface area contributed by atoms with Crippen LogP contribution in [0, 0.1) is 0 Å². The molecule has 0 aliphatic carbocycles. The zero-order valence-electron chi connectivity index (χ0n) is 14.0. The molecule has 0 saturated carbocycles. The third kappa shape index (κ3) is 5.22. The number of hydrogen-bond acceptors (Lipinski definition) is 4. The highest BCUT2D eigenvalue weighted by atomic mass is 79.9. The lowest BCUT2D eigenvalue weighted by molar-refractivity contribution is 0.0846. The summed E-state index contributed by atoms with van der Waals surface area (Å²) in [6.45, 7) is 2.64. The number of carbonyl (C=O) groups is 2. The van der Waals surface area contributed by atoms with E-state index in [1.54, 1.807) is 49.6 Å². The molecule has 0 aliphatic rings. The lowest BCUT2D eigenvalue weighted by Gasteiger charge is -2.10. The van der Waals surface area contributed by atoms with Crippen molar-refractivity contribution in [3.63, 3.8) is 0 Å². The monoisotopic (exact) mass is 406 g/mol. The van der Waals surface area contributed by atoms with Crippen LogP contribution in [-0.4, -0.2) is 25.5 Å². The van der Waals surface area contributed by atoms with Crippen LogP contribution >= 0.6 is 15.9 Å². The average Bonchev–Trinajstić information content (AvgIpc) is 2.64. The molecule has 0 fully saturated rings. The smallest absolute Gasteiger partial charge is 0.269 e. The molecule has 0 saturated heterocycles. The van der Waals surface area contributed by atoms with Crippen LogP contribution in [0.15, 0.2) is 46.9 Å². The number of amides is 2. The van der Waals surface area contributed by atoms with Gasteiger partial charge in [0.15, 0.2) is 0 Å². The third-order valence-corrected chi connectivity index (χ3v) is 3.91. The molecular formula is C18H19BrN2O4. The van der Waals surface area contributed by atoms with E-state index < -0.39 is 11.8 Å². The zero-order chi connectivity index (χ0) is 18.2. The maximum atomic E-state index is 12.1. The summed E-state index contributed by atoms with van der Waals surface area (Å²) in [4.78, 5) is 24.2. The van der Waals surface area contributed by atoms with Crippen LogP contribution in [0.3, 0.4) is 0 Å². The Morgan fingerprint density at radius 2 is 1.60 bits per heavy atom. The van der Waals surface area contributed by atoms with Gasteiger partial charge in [0.25, 0.3) is 11.8 Å². The van der Waals surface area contributed by atoms with Gasteiger partial charge in [0.2, 0.25) is 0 Å². The Hall–Kier alpha value is -2.54. The molecule has 0 radical (unpaired) electrons. The minimum absolute atomic E-state index is 0.385. The number of ether oxygens (including phenoxy) is 2. The molecule has 132 valence electrons. The van der Waals surface area contributed by atoms with Crippen LogP contribution in [0.2, 0.25) is 0 Å². The summed E-state index contributed by atoms with van der Waals surface area (Å²) in [5, 5.41) is 0. The lowest BCUT2D eigenvalue weighted by atomic mass is 10.2. The van der Waals surface area contributed by atoms with Gasteiger partial charge in [0.1, 0.15) is 11.5 Å².